The van der Waals surface area contributed by atoms with Gasteiger partial charge in [-0.15, -0.1) is 0 Å². The van der Waals surface area contributed by atoms with Crippen LogP contribution < -0.4 is 10.6 Å². The largest absolute Gasteiger partial charge is 0.390 e. The quantitative estimate of drug-likeness (QED) is 0.281. The maximum atomic E-state index is 14.0. The average molecular weight is 595 g/mol. The van der Waals surface area contributed by atoms with E-state index in [0.29, 0.717) is 12.1 Å². The van der Waals surface area contributed by atoms with Crippen LogP contribution in [0.1, 0.15) is 49.9 Å². The molecule has 0 unspecified atom stereocenters. The van der Waals surface area contributed by atoms with Gasteiger partial charge >= 0.3 is 0 Å². The summed E-state index contributed by atoms with van der Waals surface area (Å²) >= 11 is 0. The molecule has 0 aliphatic rings. The van der Waals surface area contributed by atoms with Gasteiger partial charge in [0.1, 0.15) is 11.6 Å². The number of hydrogen-bond acceptors (Lipinski definition) is 5. The van der Waals surface area contributed by atoms with Crippen molar-refractivity contribution in [2.45, 2.75) is 45.4 Å². The second-order valence-electron chi connectivity index (χ2n) is 11.0. The van der Waals surface area contributed by atoms with E-state index in [0.717, 1.165) is 30.2 Å². The Morgan fingerprint density at radius 3 is 2.19 bits per heavy atom. The third kappa shape index (κ3) is 9.97. The smallest absolute Gasteiger partial charge is 0.254 e. The average Bonchev–Trinajstić information content (AvgIpc) is 2.95. The predicted molar refractivity (Wildman–Crippen MR) is 162 cm³/mol. The Morgan fingerprint density at radius 1 is 0.884 bits per heavy atom. The van der Waals surface area contributed by atoms with Gasteiger partial charge in [0.05, 0.1) is 18.7 Å². The van der Waals surface area contributed by atoms with Crippen molar-refractivity contribution in [2.24, 2.45) is 0 Å². The molecule has 0 bridgehead atoms. The second kappa shape index (κ2) is 15.4. The van der Waals surface area contributed by atoms with Crippen molar-refractivity contribution in [1.82, 2.24) is 20.4 Å². The molecule has 3 rings (SSSR count). The molecule has 3 N–H and O–H groups in total. The first-order valence-corrected chi connectivity index (χ1v) is 14.2. The number of benzene rings is 3. The molecule has 10 heteroatoms. The number of aliphatic hydroxyl groups excluding tert-OH is 1. The Balaban J connectivity index is 1.79. The summed E-state index contributed by atoms with van der Waals surface area (Å²) in [4.78, 5) is 41.2. The Morgan fingerprint density at radius 2 is 1.53 bits per heavy atom. The van der Waals surface area contributed by atoms with Gasteiger partial charge in [-0.05, 0) is 72.4 Å². The van der Waals surface area contributed by atoms with Crippen LogP contribution in [0.15, 0.2) is 60.7 Å². The van der Waals surface area contributed by atoms with E-state index in [1.165, 1.54) is 28.5 Å². The first-order chi connectivity index (χ1) is 20.4. The number of aliphatic hydroxyl groups is 1. The molecule has 230 valence electrons. The number of nitrogens with zero attached hydrogens (tertiary/aromatic N) is 2. The number of carbonyl (C=O) groups is 3. The number of halogens is 2. The summed E-state index contributed by atoms with van der Waals surface area (Å²) in [5.74, 6) is -2.78. The Hall–Kier alpha value is -4.15. The molecule has 0 fully saturated rings. The van der Waals surface area contributed by atoms with E-state index in [1.807, 2.05) is 18.2 Å². The molecule has 43 heavy (non-hydrogen) atoms. The van der Waals surface area contributed by atoms with Crippen molar-refractivity contribution >= 4 is 17.7 Å². The number of hydrogen-bond donors (Lipinski definition) is 3. The summed E-state index contributed by atoms with van der Waals surface area (Å²) in [6.07, 6.45) is -0.258. The van der Waals surface area contributed by atoms with Gasteiger partial charge in [-0.25, -0.2) is 8.78 Å². The minimum absolute atomic E-state index is 0.0401. The normalized spacial score (nSPS) is 12.4. The summed E-state index contributed by atoms with van der Waals surface area (Å²) in [7, 11) is 4.69. The van der Waals surface area contributed by atoms with Crippen molar-refractivity contribution in [3.63, 3.8) is 0 Å². The standard InChI is InChI=1S/C33H40F2N4O4/c1-6-22-8-7-9-23(12-22)18-36-19-30(40)29(15-24-13-27(34)17-28(35)14-24)37-32(42)25-10-21(2)11-26(16-25)33(43)39(5)20-31(41)38(3)4/h7-14,16-17,29-30,36,40H,6,15,18-20H2,1-5H3,(H,37,42)/t29-,30+/m0/s1. The summed E-state index contributed by atoms with van der Waals surface area (Å²) in [5.41, 5.74) is 3.52. The minimum atomic E-state index is -1.11. The zero-order chi connectivity index (χ0) is 31.7. The van der Waals surface area contributed by atoms with E-state index >= 15 is 0 Å². The number of carbonyl (C=O) groups excluding carboxylic acids is 3. The van der Waals surface area contributed by atoms with Gasteiger partial charge in [0.25, 0.3) is 11.8 Å². The SMILES string of the molecule is CCc1cccc(CNC[C@@H](O)[C@H](Cc2cc(F)cc(F)c2)NC(=O)c2cc(C)cc(C(=O)N(C)CC(=O)N(C)C)c2)c1. The van der Waals surface area contributed by atoms with Crippen molar-refractivity contribution < 1.29 is 28.3 Å². The number of likely N-dealkylation sites (N-methyl/N-ethyl adjacent to an activating group) is 2. The van der Waals surface area contributed by atoms with Crippen LogP contribution in [0.25, 0.3) is 0 Å². The lowest BCUT2D eigenvalue weighted by Gasteiger charge is -2.25. The molecule has 3 aromatic carbocycles. The number of aryl methyl sites for hydroxylation is 2. The molecular weight excluding hydrogens is 554 g/mol. The molecule has 3 amide bonds. The fourth-order valence-electron chi connectivity index (χ4n) is 4.66. The van der Waals surface area contributed by atoms with Crippen molar-refractivity contribution in [3.05, 3.63) is 106 Å². The molecule has 0 saturated carbocycles. The van der Waals surface area contributed by atoms with Gasteiger partial charge < -0.3 is 25.5 Å². The van der Waals surface area contributed by atoms with E-state index in [1.54, 1.807) is 33.2 Å². The molecule has 0 aromatic heterocycles. The number of amides is 3. The maximum absolute atomic E-state index is 14.0. The second-order valence-corrected chi connectivity index (χ2v) is 11.0. The molecule has 0 aliphatic heterocycles. The zero-order valence-corrected chi connectivity index (χ0v) is 25.3. The van der Waals surface area contributed by atoms with E-state index in [4.69, 9.17) is 0 Å². The highest BCUT2D eigenvalue weighted by atomic mass is 19.1. The summed E-state index contributed by atoms with van der Waals surface area (Å²) in [6.45, 7) is 4.25. The van der Waals surface area contributed by atoms with Gasteiger partial charge in [0, 0.05) is 51.4 Å². The van der Waals surface area contributed by atoms with E-state index < -0.39 is 35.6 Å². The van der Waals surface area contributed by atoms with E-state index in [-0.39, 0.29) is 42.1 Å². The highest BCUT2D eigenvalue weighted by molar-refractivity contribution is 6.01. The third-order valence-corrected chi connectivity index (χ3v) is 7.05. The Bertz CT molecular complexity index is 1430. The van der Waals surface area contributed by atoms with Crippen LogP contribution in [0.3, 0.4) is 0 Å². The van der Waals surface area contributed by atoms with E-state index in [2.05, 4.69) is 23.6 Å². The molecule has 8 nitrogen and oxygen atoms in total. The predicted octanol–water partition coefficient (Wildman–Crippen LogP) is 3.49. The van der Waals surface area contributed by atoms with Crippen LogP contribution in [-0.4, -0.2) is 79.0 Å². The lowest BCUT2D eigenvalue weighted by Crippen LogP contribution is -2.48. The van der Waals surface area contributed by atoms with Gasteiger partial charge in [0.15, 0.2) is 0 Å². The van der Waals surface area contributed by atoms with Crippen LogP contribution in [0.2, 0.25) is 0 Å². The molecule has 3 aromatic rings. The monoisotopic (exact) mass is 594 g/mol. The lowest BCUT2D eigenvalue weighted by atomic mass is 9.99. The Labute approximate surface area is 251 Å². The van der Waals surface area contributed by atoms with Gasteiger partial charge in [-0.3, -0.25) is 14.4 Å². The van der Waals surface area contributed by atoms with Crippen LogP contribution in [0.4, 0.5) is 8.78 Å². The lowest BCUT2D eigenvalue weighted by molar-refractivity contribution is -0.129. The number of nitrogens with one attached hydrogen (secondary N) is 2. The zero-order valence-electron chi connectivity index (χ0n) is 25.3. The molecule has 0 saturated heterocycles. The topological polar surface area (TPSA) is 102 Å². The van der Waals surface area contributed by atoms with Crippen molar-refractivity contribution in [2.75, 3.05) is 34.2 Å². The minimum Gasteiger partial charge on any atom is -0.390 e. The molecule has 2 atom stereocenters. The first kappa shape index (κ1) is 33.4. The first-order valence-electron chi connectivity index (χ1n) is 14.2. The summed E-state index contributed by atoms with van der Waals surface area (Å²) < 4.78 is 27.9. The third-order valence-electron chi connectivity index (χ3n) is 7.05. The highest BCUT2D eigenvalue weighted by Crippen LogP contribution is 2.16. The summed E-state index contributed by atoms with van der Waals surface area (Å²) in [5, 5.41) is 17.1. The van der Waals surface area contributed by atoms with Gasteiger partial charge in [0.2, 0.25) is 5.91 Å². The fourth-order valence-corrected chi connectivity index (χ4v) is 4.66. The van der Waals surface area contributed by atoms with Gasteiger partial charge in [-0.1, -0.05) is 31.2 Å². The number of rotatable bonds is 13. The molecule has 0 aliphatic carbocycles. The van der Waals surface area contributed by atoms with Gasteiger partial charge in [-0.2, -0.15) is 0 Å². The molecule has 0 spiro atoms. The van der Waals surface area contributed by atoms with Crippen molar-refractivity contribution in [3.8, 4) is 0 Å². The van der Waals surface area contributed by atoms with Crippen LogP contribution in [-0.2, 0) is 24.2 Å². The van der Waals surface area contributed by atoms with E-state index in [9.17, 15) is 28.3 Å². The molecule has 0 radical (unpaired) electrons. The van der Waals surface area contributed by atoms with Crippen LogP contribution in [0.5, 0.6) is 0 Å². The van der Waals surface area contributed by atoms with Crippen molar-refractivity contribution in [1.29, 1.82) is 0 Å². The Kier molecular flexibility index (Phi) is 11.9. The van der Waals surface area contributed by atoms with Crippen LogP contribution >= 0.6 is 0 Å². The highest BCUT2D eigenvalue weighted by Gasteiger charge is 2.24. The molecule has 0 heterocycles. The fraction of sp³-hybridized carbons (Fsp3) is 0.364. The summed E-state index contributed by atoms with van der Waals surface area (Å²) in [6, 6.07) is 14.8. The molecular formula is C33H40F2N4O4. The maximum Gasteiger partial charge on any atom is 0.254 e. The van der Waals surface area contributed by atoms with Crippen LogP contribution in [0, 0.1) is 18.6 Å².